The van der Waals surface area contributed by atoms with Gasteiger partial charge < -0.3 is 20.1 Å². The first-order valence-corrected chi connectivity index (χ1v) is 7.47. The Morgan fingerprint density at radius 1 is 1.04 bits per heavy atom. The van der Waals surface area contributed by atoms with Crippen molar-refractivity contribution in [2.45, 2.75) is 13.5 Å². The molecule has 2 aromatic carbocycles. The second-order valence-electron chi connectivity index (χ2n) is 5.12. The molecule has 0 aliphatic rings. The first kappa shape index (κ1) is 17.3. The maximum atomic E-state index is 11.8. The summed E-state index contributed by atoms with van der Waals surface area (Å²) in [6.45, 7) is 1.77. The highest BCUT2D eigenvalue weighted by molar-refractivity contribution is 5.88. The van der Waals surface area contributed by atoms with Crippen LogP contribution in [0.15, 0.2) is 48.5 Å². The van der Waals surface area contributed by atoms with Crippen LogP contribution in [0.3, 0.4) is 0 Å². The molecule has 24 heavy (non-hydrogen) atoms. The molecule has 0 heterocycles. The van der Waals surface area contributed by atoms with Crippen LogP contribution in [0, 0.1) is 0 Å². The molecule has 0 spiro atoms. The van der Waals surface area contributed by atoms with Crippen LogP contribution in [0.25, 0.3) is 0 Å². The summed E-state index contributed by atoms with van der Waals surface area (Å²) < 4.78 is 10.5. The van der Waals surface area contributed by atoms with Gasteiger partial charge in [-0.15, -0.1) is 0 Å². The number of hydrogen-bond acceptors (Lipinski definition) is 4. The van der Waals surface area contributed by atoms with E-state index in [0.29, 0.717) is 18.0 Å². The number of carbonyl (C=O) groups excluding carboxylic acids is 2. The lowest BCUT2D eigenvalue weighted by atomic mass is 10.2. The first-order valence-electron chi connectivity index (χ1n) is 7.47. The Balaban J connectivity index is 1.77. The van der Waals surface area contributed by atoms with Crippen LogP contribution < -0.4 is 20.1 Å². The van der Waals surface area contributed by atoms with E-state index in [2.05, 4.69) is 10.6 Å². The molecule has 0 unspecified atom stereocenters. The summed E-state index contributed by atoms with van der Waals surface area (Å²) in [4.78, 5) is 22.8. The summed E-state index contributed by atoms with van der Waals surface area (Å²) in [5, 5.41) is 5.44. The topological polar surface area (TPSA) is 76.7 Å². The van der Waals surface area contributed by atoms with Crippen LogP contribution in [-0.2, 0) is 16.1 Å². The average Bonchev–Trinajstić information content (AvgIpc) is 2.59. The third kappa shape index (κ3) is 5.64. The average molecular weight is 328 g/mol. The Morgan fingerprint density at radius 3 is 2.46 bits per heavy atom. The number of methoxy groups -OCH3 is 1. The Bertz CT molecular complexity index is 698. The molecule has 0 radical (unpaired) electrons. The highest BCUT2D eigenvalue weighted by atomic mass is 16.5. The second-order valence-corrected chi connectivity index (χ2v) is 5.12. The van der Waals surface area contributed by atoms with Gasteiger partial charge in [-0.05, 0) is 42.0 Å². The molecule has 0 fully saturated rings. The van der Waals surface area contributed by atoms with Gasteiger partial charge in [-0.2, -0.15) is 0 Å². The standard InChI is InChI=1S/C18H20N2O4/c1-13(21)20-15-6-8-16(9-7-15)24-12-18(22)19-11-14-4-3-5-17(10-14)23-2/h3-10H,11-12H2,1-2H3,(H,19,22)(H,20,21). The van der Waals surface area contributed by atoms with E-state index in [1.807, 2.05) is 24.3 Å². The summed E-state index contributed by atoms with van der Waals surface area (Å²) in [5.74, 6) is 0.947. The maximum Gasteiger partial charge on any atom is 0.258 e. The molecular weight excluding hydrogens is 308 g/mol. The minimum Gasteiger partial charge on any atom is -0.497 e. The lowest BCUT2D eigenvalue weighted by Gasteiger charge is -2.09. The Morgan fingerprint density at radius 2 is 1.79 bits per heavy atom. The molecule has 0 aromatic heterocycles. The molecule has 0 saturated heterocycles. The van der Waals surface area contributed by atoms with Crippen LogP contribution in [-0.4, -0.2) is 25.5 Å². The van der Waals surface area contributed by atoms with E-state index in [1.165, 1.54) is 6.92 Å². The summed E-state index contributed by atoms with van der Waals surface area (Å²) in [7, 11) is 1.60. The summed E-state index contributed by atoms with van der Waals surface area (Å²) >= 11 is 0. The number of hydrogen-bond donors (Lipinski definition) is 2. The van der Waals surface area contributed by atoms with Gasteiger partial charge in [0.1, 0.15) is 11.5 Å². The molecule has 2 aromatic rings. The van der Waals surface area contributed by atoms with E-state index in [4.69, 9.17) is 9.47 Å². The zero-order valence-corrected chi connectivity index (χ0v) is 13.7. The van der Waals surface area contributed by atoms with Crippen LogP contribution in [0.4, 0.5) is 5.69 Å². The molecule has 0 aliphatic heterocycles. The van der Waals surface area contributed by atoms with Crippen molar-refractivity contribution in [3.05, 3.63) is 54.1 Å². The first-order chi connectivity index (χ1) is 11.6. The zero-order valence-electron chi connectivity index (χ0n) is 13.7. The molecule has 6 heteroatoms. The number of ether oxygens (including phenoxy) is 2. The lowest BCUT2D eigenvalue weighted by Crippen LogP contribution is -2.28. The van der Waals surface area contributed by atoms with Gasteiger partial charge in [0, 0.05) is 19.2 Å². The normalized spacial score (nSPS) is 9.92. The lowest BCUT2D eigenvalue weighted by molar-refractivity contribution is -0.123. The molecule has 2 N–H and O–H groups in total. The van der Waals surface area contributed by atoms with E-state index in [9.17, 15) is 9.59 Å². The van der Waals surface area contributed by atoms with E-state index in [0.717, 1.165) is 11.3 Å². The van der Waals surface area contributed by atoms with Gasteiger partial charge in [0.25, 0.3) is 5.91 Å². The number of rotatable bonds is 7. The Hall–Kier alpha value is -3.02. The minimum atomic E-state index is -0.219. The SMILES string of the molecule is COc1cccc(CNC(=O)COc2ccc(NC(C)=O)cc2)c1. The van der Waals surface area contributed by atoms with Crippen molar-refractivity contribution in [2.24, 2.45) is 0 Å². The van der Waals surface area contributed by atoms with E-state index in [1.54, 1.807) is 31.4 Å². The van der Waals surface area contributed by atoms with Crippen LogP contribution in [0.1, 0.15) is 12.5 Å². The highest BCUT2D eigenvalue weighted by Crippen LogP contribution is 2.15. The molecule has 0 saturated carbocycles. The van der Waals surface area contributed by atoms with Crippen molar-refractivity contribution >= 4 is 17.5 Å². The second kappa shape index (κ2) is 8.57. The van der Waals surface area contributed by atoms with Crippen LogP contribution >= 0.6 is 0 Å². The van der Waals surface area contributed by atoms with Gasteiger partial charge in [0.2, 0.25) is 5.91 Å². The van der Waals surface area contributed by atoms with Gasteiger partial charge in [-0.3, -0.25) is 9.59 Å². The molecule has 2 rings (SSSR count). The van der Waals surface area contributed by atoms with Crippen molar-refractivity contribution in [1.82, 2.24) is 5.32 Å². The predicted octanol–water partition coefficient (Wildman–Crippen LogP) is 2.35. The predicted molar refractivity (Wildman–Crippen MR) is 91.1 cm³/mol. The molecule has 2 amide bonds. The van der Waals surface area contributed by atoms with Gasteiger partial charge >= 0.3 is 0 Å². The van der Waals surface area contributed by atoms with Crippen LogP contribution in [0.2, 0.25) is 0 Å². The third-order valence-electron chi connectivity index (χ3n) is 3.17. The largest absolute Gasteiger partial charge is 0.497 e. The zero-order chi connectivity index (χ0) is 17.4. The number of carbonyl (C=O) groups is 2. The third-order valence-corrected chi connectivity index (χ3v) is 3.17. The number of benzene rings is 2. The summed E-state index contributed by atoms with van der Waals surface area (Å²) in [6.07, 6.45) is 0. The number of anilines is 1. The van der Waals surface area contributed by atoms with Crippen molar-refractivity contribution < 1.29 is 19.1 Å². The highest BCUT2D eigenvalue weighted by Gasteiger charge is 2.04. The smallest absolute Gasteiger partial charge is 0.258 e. The van der Waals surface area contributed by atoms with Gasteiger partial charge in [-0.1, -0.05) is 12.1 Å². The molecule has 126 valence electrons. The van der Waals surface area contributed by atoms with Crippen molar-refractivity contribution in [2.75, 3.05) is 19.0 Å². The molecule has 0 atom stereocenters. The summed E-state index contributed by atoms with van der Waals surface area (Å²) in [6, 6.07) is 14.3. The Labute approximate surface area is 140 Å². The quantitative estimate of drug-likeness (QED) is 0.818. The molecule has 0 bridgehead atoms. The van der Waals surface area contributed by atoms with Crippen molar-refractivity contribution in [1.29, 1.82) is 0 Å². The molecule has 6 nitrogen and oxygen atoms in total. The molecule has 0 aliphatic carbocycles. The van der Waals surface area contributed by atoms with Crippen molar-refractivity contribution in [3.63, 3.8) is 0 Å². The van der Waals surface area contributed by atoms with Crippen molar-refractivity contribution in [3.8, 4) is 11.5 Å². The van der Waals surface area contributed by atoms with E-state index >= 15 is 0 Å². The van der Waals surface area contributed by atoms with Gasteiger partial charge in [0.05, 0.1) is 7.11 Å². The van der Waals surface area contributed by atoms with E-state index < -0.39 is 0 Å². The maximum absolute atomic E-state index is 11.8. The monoisotopic (exact) mass is 328 g/mol. The number of nitrogens with one attached hydrogen (secondary N) is 2. The minimum absolute atomic E-state index is 0.0799. The Kier molecular flexibility index (Phi) is 6.19. The fraction of sp³-hybridized carbons (Fsp3) is 0.222. The van der Waals surface area contributed by atoms with E-state index in [-0.39, 0.29) is 18.4 Å². The summed E-state index contributed by atoms with van der Waals surface area (Å²) in [5.41, 5.74) is 1.62. The number of amides is 2. The van der Waals surface area contributed by atoms with Crippen LogP contribution in [0.5, 0.6) is 11.5 Å². The van der Waals surface area contributed by atoms with Gasteiger partial charge in [0.15, 0.2) is 6.61 Å². The van der Waals surface area contributed by atoms with Gasteiger partial charge in [-0.25, -0.2) is 0 Å². The molecular formula is C18H20N2O4. The fourth-order valence-electron chi connectivity index (χ4n) is 2.02. The fourth-order valence-corrected chi connectivity index (χ4v) is 2.02.